The second kappa shape index (κ2) is 12.6. The van der Waals surface area contributed by atoms with Gasteiger partial charge in [0.15, 0.2) is 17.5 Å². The van der Waals surface area contributed by atoms with Gasteiger partial charge in [0, 0.05) is 43.1 Å². The van der Waals surface area contributed by atoms with E-state index in [0.29, 0.717) is 17.5 Å². The lowest BCUT2D eigenvalue weighted by atomic mass is 9.93. The molecule has 0 fully saturated rings. The molecule has 0 atom stereocenters. The van der Waals surface area contributed by atoms with E-state index in [1.807, 2.05) is 0 Å². The lowest BCUT2D eigenvalue weighted by molar-refractivity contribution is 1.08. The normalized spacial score (nSPS) is 11.9. The van der Waals surface area contributed by atoms with E-state index in [1.165, 1.54) is 63.3 Å². The van der Waals surface area contributed by atoms with Crippen molar-refractivity contribution >= 4 is 85.5 Å². The van der Waals surface area contributed by atoms with Crippen molar-refractivity contribution in [1.29, 1.82) is 0 Å². The number of nitrogens with zero attached hydrogens (tertiary/aromatic N) is 4. The molecule has 3 aromatic heterocycles. The van der Waals surface area contributed by atoms with Gasteiger partial charge in [-0.2, -0.15) is 0 Å². The number of para-hydroxylation sites is 1. The Hall–Kier alpha value is -7.34. The van der Waals surface area contributed by atoms with Crippen molar-refractivity contribution in [2.45, 2.75) is 0 Å². The molecule has 0 saturated heterocycles. The summed E-state index contributed by atoms with van der Waals surface area (Å²) in [4.78, 5) is 20.8. The molecule has 12 rings (SSSR count). The Morgan fingerprint density at radius 3 is 1.53 bits per heavy atom. The highest BCUT2D eigenvalue weighted by Gasteiger charge is 2.18. The van der Waals surface area contributed by atoms with Gasteiger partial charge in [-0.05, 0) is 67.4 Å². The molecule has 0 aliphatic rings. The summed E-state index contributed by atoms with van der Waals surface area (Å²) in [5.41, 5.74) is 5.83. The number of rotatable bonds is 4. The van der Waals surface area contributed by atoms with Crippen LogP contribution in [0.25, 0.3) is 120 Å². The minimum absolute atomic E-state index is 0.622. The van der Waals surface area contributed by atoms with E-state index in [0.717, 1.165) is 38.9 Å². The van der Waals surface area contributed by atoms with Crippen molar-refractivity contribution in [3.8, 4) is 45.4 Å². The third-order valence-electron chi connectivity index (χ3n) is 11.3. The SMILES string of the molecule is c1ccc2cc(-c3nc(-c4ccc(-c5nc6ccccc6c6c5sc5ccccc56)cc4)nc(-c4ccc5c6ccccc6c6ccccc6c5c4)n3)ccc2c1. The molecule has 4 nitrogen and oxygen atoms in total. The van der Waals surface area contributed by atoms with Crippen LogP contribution in [0.15, 0.2) is 182 Å². The minimum Gasteiger partial charge on any atom is -0.246 e. The monoisotopic (exact) mass is 742 g/mol. The van der Waals surface area contributed by atoms with Crippen LogP contribution in [0.4, 0.5) is 0 Å². The van der Waals surface area contributed by atoms with Gasteiger partial charge in [-0.3, -0.25) is 0 Å². The first kappa shape index (κ1) is 32.0. The van der Waals surface area contributed by atoms with E-state index in [4.69, 9.17) is 19.9 Å². The lowest BCUT2D eigenvalue weighted by Gasteiger charge is -2.13. The molecule has 0 saturated carbocycles. The highest BCUT2D eigenvalue weighted by Crippen LogP contribution is 2.43. The van der Waals surface area contributed by atoms with E-state index < -0.39 is 0 Å². The summed E-state index contributed by atoms with van der Waals surface area (Å²) >= 11 is 1.80. The number of benzene rings is 9. The van der Waals surface area contributed by atoms with E-state index in [-0.39, 0.29) is 0 Å². The van der Waals surface area contributed by atoms with Crippen LogP contribution in [0, 0.1) is 0 Å². The Bertz CT molecular complexity index is 3550. The number of fused-ring (bicyclic) bond motifs is 12. The van der Waals surface area contributed by atoms with Crippen molar-refractivity contribution in [2.75, 3.05) is 0 Å². The van der Waals surface area contributed by atoms with Crippen LogP contribution in [0.2, 0.25) is 0 Å². The third kappa shape index (κ3) is 5.13. The summed E-state index contributed by atoms with van der Waals surface area (Å²) in [7, 11) is 0. The molecule has 0 aliphatic heterocycles. The number of aromatic nitrogens is 4. The van der Waals surface area contributed by atoms with Crippen molar-refractivity contribution in [1.82, 2.24) is 19.9 Å². The number of hydrogen-bond acceptors (Lipinski definition) is 5. The molecule has 9 aromatic carbocycles. The highest BCUT2D eigenvalue weighted by atomic mass is 32.1. The van der Waals surface area contributed by atoms with Crippen LogP contribution < -0.4 is 0 Å². The first-order chi connectivity index (χ1) is 28.2. The molecule has 5 heteroatoms. The molecule has 0 amide bonds. The Morgan fingerprint density at radius 2 is 0.807 bits per heavy atom. The quantitative estimate of drug-likeness (QED) is 0.169. The first-order valence-electron chi connectivity index (χ1n) is 19.1. The molecule has 0 unspecified atom stereocenters. The van der Waals surface area contributed by atoms with Crippen LogP contribution in [0.5, 0.6) is 0 Å². The molecule has 0 bridgehead atoms. The van der Waals surface area contributed by atoms with Crippen LogP contribution in [0.1, 0.15) is 0 Å². The molecule has 0 N–H and O–H groups in total. The second-order valence-corrected chi connectivity index (χ2v) is 15.6. The Balaban J connectivity index is 1.04. The highest BCUT2D eigenvalue weighted by molar-refractivity contribution is 7.26. The second-order valence-electron chi connectivity index (χ2n) is 14.6. The Morgan fingerprint density at radius 1 is 0.316 bits per heavy atom. The smallest absolute Gasteiger partial charge is 0.164 e. The third-order valence-corrected chi connectivity index (χ3v) is 12.5. The van der Waals surface area contributed by atoms with E-state index in [1.54, 1.807) is 11.3 Å². The standard InChI is InChI=1S/C52H30N4S/c1-2-12-34-29-35(26-21-31(34)11-1)51-54-50(55-52(56-51)36-27-28-41-39-15-4-3-13-37(39)38-14-5-6-16-40(38)44(41)30-36)33-24-22-32(23-25-33)48-49-47(42-17-7-9-19-45(42)53-48)43-18-8-10-20-46(43)57-49/h1-30H. The summed E-state index contributed by atoms with van der Waals surface area (Å²) in [6.45, 7) is 0. The van der Waals surface area contributed by atoms with Crippen LogP contribution >= 0.6 is 11.3 Å². The number of hydrogen-bond donors (Lipinski definition) is 0. The molecular formula is C52H30N4S. The van der Waals surface area contributed by atoms with Gasteiger partial charge in [0.2, 0.25) is 0 Å². The van der Waals surface area contributed by atoms with Gasteiger partial charge in [0.05, 0.1) is 15.9 Å². The summed E-state index contributed by atoms with van der Waals surface area (Å²) in [5.74, 6) is 1.89. The average molecular weight is 743 g/mol. The van der Waals surface area contributed by atoms with Gasteiger partial charge in [0.1, 0.15) is 0 Å². The van der Waals surface area contributed by atoms with Crippen LogP contribution in [0.3, 0.4) is 0 Å². The summed E-state index contributed by atoms with van der Waals surface area (Å²) in [6.07, 6.45) is 0. The fraction of sp³-hybridized carbons (Fsp3) is 0. The zero-order valence-corrected chi connectivity index (χ0v) is 31.3. The van der Waals surface area contributed by atoms with Crippen LogP contribution in [-0.2, 0) is 0 Å². The maximum Gasteiger partial charge on any atom is 0.164 e. The maximum atomic E-state index is 5.24. The van der Waals surface area contributed by atoms with Crippen molar-refractivity contribution in [3.05, 3.63) is 182 Å². The van der Waals surface area contributed by atoms with Gasteiger partial charge in [-0.15, -0.1) is 11.3 Å². The largest absolute Gasteiger partial charge is 0.246 e. The van der Waals surface area contributed by atoms with Crippen molar-refractivity contribution < 1.29 is 0 Å². The fourth-order valence-corrected chi connectivity index (χ4v) is 9.77. The zero-order chi connectivity index (χ0) is 37.5. The van der Waals surface area contributed by atoms with Gasteiger partial charge < -0.3 is 0 Å². The maximum absolute atomic E-state index is 5.24. The number of pyridine rings is 1. The first-order valence-corrected chi connectivity index (χ1v) is 19.9. The number of thiophene rings is 1. The van der Waals surface area contributed by atoms with Gasteiger partial charge >= 0.3 is 0 Å². The van der Waals surface area contributed by atoms with Crippen molar-refractivity contribution in [3.63, 3.8) is 0 Å². The van der Waals surface area contributed by atoms with E-state index in [9.17, 15) is 0 Å². The molecule has 0 aliphatic carbocycles. The summed E-state index contributed by atoms with van der Waals surface area (Å²) < 4.78 is 2.46. The summed E-state index contributed by atoms with van der Waals surface area (Å²) in [5, 5.41) is 13.4. The minimum atomic E-state index is 0.622. The molecule has 3 heterocycles. The lowest BCUT2D eigenvalue weighted by Crippen LogP contribution is -2.00. The topological polar surface area (TPSA) is 51.6 Å². The van der Waals surface area contributed by atoms with E-state index in [2.05, 4.69) is 182 Å². The van der Waals surface area contributed by atoms with Crippen molar-refractivity contribution in [2.24, 2.45) is 0 Å². The predicted octanol–water partition coefficient (Wildman–Crippen LogP) is 14.1. The van der Waals surface area contributed by atoms with Gasteiger partial charge in [0.25, 0.3) is 0 Å². The molecule has 0 radical (unpaired) electrons. The molecular weight excluding hydrogens is 713 g/mol. The summed E-state index contributed by atoms with van der Waals surface area (Å²) in [6, 6.07) is 64.4. The zero-order valence-electron chi connectivity index (χ0n) is 30.5. The van der Waals surface area contributed by atoms with Gasteiger partial charge in [-0.1, -0.05) is 158 Å². The fourth-order valence-electron chi connectivity index (χ4n) is 8.54. The molecule has 264 valence electrons. The van der Waals surface area contributed by atoms with Crippen LogP contribution in [-0.4, -0.2) is 19.9 Å². The Kier molecular flexibility index (Phi) is 7.06. The van der Waals surface area contributed by atoms with Gasteiger partial charge in [-0.25, -0.2) is 19.9 Å². The molecule has 12 aromatic rings. The van der Waals surface area contributed by atoms with E-state index >= 15 is 0 Å². The average Bonchev–Trinajstić information content (AvgIpc) is 3.69. The Labute approximate surface area is 331 Å². The molecule has 57 heavy (non-hydrogen) atoms. The molecule has 0 spiro atoms. The predicted molar refractivity (Wildman–Crippen MR) is 240 cm³/mol.